The average molecular weight is 568 g/mol. The fourth-order valence-electron chi connectivity index (χ4n) is 5.56. The van der Waals surface area contributed by atoms with E-state index in [9.17, 15) is 9.59 Å². The van der Waals surface area contributed by atoms with Crippen LogP contribution in [0.25, 0.3) is 11.1 Å². The van der Waals surface area contributed by atoms with E-state index in [2.05, 4.69) is 18.0 Å². The Bertz CT molecular complexity index is 1070. The van der Waals surface area contributed by atoms with Gasteiger partial charge in [0, 0.05) is 11.1 Å². The number of hydrogen-bond donors (Lipinski definition) is 0. The first-order valence-corrected chi connectivity index (χ1v) is 15.7. The summed E-state index contributed by atoms with van der Waals surface area (Å²) in [5, 5.41) is 0. The lowest BCUT2D eigenvalue weighted by molar-refractivity contribution is 0.0599. The summed E-state index contributed by atoms with van der Waals surface area (Å²) in [7, 11) is 2.68. The van der Waals surface area contributed by atoms with E-state index in [1.165, 1.54) is 84.8 Å². The maximum atomic E-state index is 13.1. The van der Waals surface area contributed by atoms with Crippen molar-refractivity contribution in [1.29, 1.82) is 0 Å². The normalized spacial score (nSPS) is 11.1. The van der Waals surface area contributed by atoms with Gasteiger partial charge in [-0.25, -0.2) is 9.59 Å². The lowest BCUT2D eigenvalue weighted by atomic mass is 9.87. The molecule has 0 bridgehead atoms. The first-order chi connectivity index (χ1) is 19.8. The van der Waals surface area contributed by atoms with Crippen LogP contribution in [0, 0.1) is 13.8 Å². The van der Waals surface area contributed by atoms with Crippen molar-refractivity contribution in [3.8, 4) is 16.9 Å². The second-order valence-corrected chi connectivity index (χ2v) is 11.3. The van der Waals surface area contributed by atoms with Crippen molar-refractivity contribution in [2.24, 2.45) is 0 Å². The minimum absolute atomic E-state index is 0.0903. The molecule has 0 saturated carbocycles. The summed E-state index contributed by atoms with van der Waals surface area (Å²) in [6, 6.07) is 5.95. The molecule has 0 radical (unpaired) electrons. The predicted octanol–water partition coefficient (Wildman–Crippen LogP) is 9.36. The molecule has 1 heterocycles. The van der Waals surface area contributed by atoms with Crippen molar-refractivity contribution in [2.45, 2.75) is 131 Å². The van der Waals surface area contributed by atoms with Crippen LogP contribution in [-0.4, -0.2) is 37.2 Å². The van der Waals surface area contributed by atoms with Gasteiger partial charge < -0.3 is 14.2 Å². The Morgan fingerprint density at radius 2 is 1.17 bits per heavy atom. The molecule has 0 amide bonds. The molecule has 1 aromatic carbocycles. The Kier molecular flexibility index (Phi) is 15.5. The molecule has 228 valence electrons. The van der Waals surface area contributed by atoms with Crippen LogP contribution < -0.4 is 4.74 Å². The monoisotopic (exact) mass is 567 g/mol. The maximum absolute atomic E-state index is 13.1. The standard InChI is InChI=1S/C35H53NO5/c1-8-9-10-11-12-13-14-15-16-17-18-19-20-22-28-23-21-24-29(41-25(2)3)32(28)33-30(34(37)39-6)26(4)36-27(5)31(33)35(38)40-7/h21,23-25H,8-20,22H2,1-7H3. The van der Waals surface area contributed by atoms with E-state index in [-0.39, 0.29) is 17.2 Å². The van der Waals surface area contributed by atoms with Crippen molar-refractivity contribution in [2.75, 3.05) is 14.2 Å². The van der Waals surface area contributed by atoms with E-state index < -0.39 is 11.9 Å². The van der Waals surface area contributed by atoms with Crippen LogP contribution in [0.5, 0.6) is 5.75 Å². The quantitative estimate of drug-likeness (QED) is 0.124. The number of carbonyl (C=O) groups is 2. The van der Waals surface area contributed by atoms with Crippen LogP contribution in [-0.2, 0) is 15.9 Å². The molecule has 2 rings (SSSR count). The number of benzene rings is 1. The number of hydrogen-bond acceptors (Lipinski definition) is 6. The van der Waals surface area contributed by atoms with Crippen LogP contribution >= 0.6 is 0 Å². The van der Waals surface area contributed by atoms with Crippen molar-refractivity contribution < 1.29 is 23.8 Å². The van der Waals surface area contributed by atoms with Crippen LogP contribution in [0.15, 0.2) is 18.2 Å². The second-order valence-electron chi connectivity index (χ2n) is 11.3. The summed E-state index contributed by atoms with van der Waals surface area (Å²) in [5.74, 6) is -0.449. The molecule has 6 nitrogen and oxygen atoms in total. The second kappa shape index (κ2) is 18.5. The average Bonchev–Trinajstić information content (AvgIpc) is 2.94. The number of rotatable bonds is 19. The molecule has 0 aliphatic heterocycles. The number of esters is 2. The predicted molar refractivity (Wildman–Crippen MR) is 167 cm³/mol. The summed E-state index contributed by atoms with van der Waals surface area (Å²) in [4.78, 5) is 30.7. The van der Waals surface area contributed by atoms with Gasteiger partial charge in [-0.2, -0.15) is 0 Å². The maximum Gasteiger partial charge on any atom is 0.340 e. The Balaban J connectivity index is 2.23. The van der Waals surface area contributed by atoms with E-state index in [0.29, 0.717) is 22.7 Å². The van der Waals surface area contributed by atoms with E-state index in [0.717, 1.165) is 30.4 Å². The highest BCUT2D eigenvalue weighted by atomic mass is 16.5. The van der Waals surface area contributed by atoms with E-state index >= 15 is 0 Å². The smallest absolute Gasteiger partial charge is 0.340 e. The van der Waals surface area contributed by atoms with Crippen LogP contribution in [0.4, 0.5) is 0 Å². The van der Waals surface area contributed by atoms with Gasteiger partial charge in [-0.1, -0.05) is 96.1 Å². The Labute approximate surface area is 248 Å². The van der Waals surface area contributed by atoms with Gasteiger partial charge in [0.25, 0.3) is 0 Å². The number of aryl methyl sites for hydroxylation is 3. The minimum atomic E-state index is -0.540. The highest BCUT2D eigenvalue weighted by Crippen LogP contribution is 2.41. The summed E-state index contributed by atoms with van der Waals surface area (Å²) in [6.07, 6.45) is 17.5. The summed E-state index contributed by atoms with van der Waals surface area (Å²) in [6.45, 7) is 9.73. The molecule has 0 aliphatic rings. The van der Waals surface area contributed by atoms with Crippen LogP contribution in [0.2, 0.25) is 0 Å². The van der Waals surface area contributed by atoms with Gasteiger partial charge in [0.1, 0.15) is 5.75 Å². The van der Waals surface area contributed by atoms with Crippen molar-refractivity contribution >= 4 is 11.9 Å². The fourth-order valence-corrected chi connectivity index (χ4v) is 5.56. The van der Waals surface area contributed by atoms with Gasteiger partial charge in [-0.3, -0.25) is 4.98 Å². The van der Waals surface area contributed by atoms with Crippen LogP contribution in [0.1, 0.15) is 142 Å². The van der Waals surface area contributed by atoms with Crippen molar-refractivity contribution in [1.82, 2.24) is 4.98 Å². The SMILES string of the molecule is CCCCCCCCCCCCCCCc1cccc(OC(C)C)c1-c1c(C(=O)OC)c(C)nc(C)c1C(=O)OC. The highest BCUT2D eigenvalue weighted by Gasteiger charge is 2.30. The number of nitrogens with zero attached hydrogens (tertiary/aromatic N) is 1. The minimum Gasteiger partial charge on any atom is -0.490 e. The molecule has 0 aliphatic carbocycles. The van der Waals surface area contributed by atoms with Crippen molar-refractivity contribution in [3.05, 3.63) is 46.3 Å². The lowest BCUT2D eigenvalue weighted by Crippen LogP contribution is -2.17. The first kappa shape index (κ1) is 34.3. The van der Waals surface area contributed by atoms with Gasteiger partial charge in [0.15, 0.2) is 0 Å². The third-order valence-corrected chi connectivity index (χ3v) is 7.61. The molecule has 41 heavy (non-hydrogen) atoms. The number of pyridine rings is 1. The molecule has 2 aromatic rings. The molecule has 0 unspecified atom stereocenters. The zero-order chi connectivity index (χ0) is 30.2. The fraction of sp³-hybridized carbons (Fsp3) is 0.629. The summed E-state index contributed by atoms with van der Waals surface area (Å²) in [5.41, 5.74) is 3.80. The van der Waals surface area contributed by atoms with Gasteiger partial charge in [0.2, 0.25) is 0 Å². The molecule has 0 N–H and O–H groups in total. The van der Waals surface area contributed by atoms with Crippen LogP contribution in [0.3, 0.4) is 0 Å². The van der Waals surface area contributed by atoms with Gasteiger partial charge in [-0.05, 0) is 52.2 Å². The van der Waals surface area contributed by atoms with Gasteiger partial charge >= 0.3 is 11.9 Å². The lowest BCUT2D eigenvalue weighted by Gasteiger charge is -2.23. The first-order valence-electron chi connectivity index (χ1n) is 15.7. The number of aromatic nitrogens is 1. The number of ether oxygens (including phenoxy) is 3. The van der Waals surface area contributed by atoms with E-state index in [4.69, 9.17) is 14.2 Å². The van der Waals surface area contributed by atoms with Crippen molar-refractivity contribution in [3.63, 3.8) is 0 Å². The van der Waals surface area contributed by atoms with Gasteiger partial charge in [-0.15, -0.1) is 0 Å². The topological polar surface area (TPSA) is 74.7 Å². The zero-order valence-corrected chi connectivity index (χ0v) is 26.7. The number of methoxy groups -OCH3 is 2. The van der Waals surface area contributed by atoms with E-state index in [1.54, 1.807) is 13.8 Å². The Morgan fingerprint density at radius 3 is 1.61 bits per heavy atom. The molecular formula is C35H53NO5. The Morgan fingerprint density at radius 1 is 0.707 bits per heavy atom. The molecule has 1 aromatic heterocycles. The molecule has 0 saturated heterocycles. The molecule has 0 spiro atoms. The Hall–Kier alpha value is -2.89. The highest BCUT2D eigenvalue weighted by molar-refractivity contribution is 6.08. The summed E-state index contributed by atoms with van der Waals surface area (Å²) < 4.78 is 16.6. The molecule has 0 atom stereocenters. The molecule has 6 heteroatoms. The molecule has 0 fully saturated rings. The number of unbranched alkanes of at least 4 members (excludes halogenated alkanes) is 12. The van der Waals surface area contributed by atoms with Gasteiger partial charge in [0.05, 0.1) is 42.8 Å². The third-order valence-electron chi connectivity index (χ3n) is 7.61. The molecular weight excluding hydrogens is 514 g/mol. The van der Waals surface area contributed by atoms with E-state index in [1.807, 2.05) is 26.0 Å². The number of carbonyl (C=O) groups excluding carboxylic acids is 2. The summed E-state index contributed by atoms with van der Waals surface area (Å²) >= 11 is 0. The largest absolute Gasteiger partial charge is 0.490 e. The zero-order valence-electron chi connectivity index (χ0n) is 26.7. The third kappa shape index (κ3) is 10.5.